The summed E-state index contributed by atoms with van der Waals surface area (Å²) in [5, 5.41) is 0. The molecule has 134 valence electrons. The van der Waals surface area contributed by atoms with Crippen molar-refractivity contribution < 1.29 is 19.1 Å². The summed E-state index contributed by atoms with van der Waals surface area (Å²) in [4.78, 5) is 39.4. The lowest BCUT2D eigenvalue weighted by Gasteiger charge is -2.20. The maximum atomic E-state index is 12.4. The van der Waals surface area contributed by atoms with Gasteiger partial charge in [0.15, 0.2) is 0 Å². The number of amides is 3. The molecule has 0 unspecified atom stereocenters. The van der Waals surface area contributed by atoms with Crippen molar-refractivity contribution in [2.45, 2.75) is 6.92 Å². The highest BCUT2D eigenvalue weighted by molar-refractivity contribution is 6.22. The van der Waals surface area contributed by atoms with E-state index in [0.29, 0.717) is 24.3 Å². The smallest absolute Gasteiger partial charge is 0.262 e. The van der Waals surface area contributed by atoms with Gasteiger partial charge in [-0.2, -0.15) is 0 Å². The number of nitrogens with zero attached hydrogens (tertiary/aromatic N) is 2. The summed E-state index contributed by atoms with van der Waals surface area (Å²) in [6, 6.07) is 14.2. The van der Waals surface area contributed by atoms with E-state index in [0.717, 1.165) is 16.2 Å². The van der Waals surface area contributed by atoms with Crippen molar-refractivity contribution in [1.82, 2.24) is 9.80 Å². The van der Waals surface area contributed by atoms with Gasteiger partial charge in [0.2, 0.25) is 5.91 Å². The van der Waals surface area contributed by atoms with Crippen LogP contribution in [0.4, 0.5) is 0 Å². The van der Waals surface area contributed by atoms with E-state index < -0.39 is 11.8 Å². The number of hydrogen-bond acceptors (Lipinski definition) is 4. The summed E-state index contributed by atoms with van der Waals surface area (Å²) in [6.07, 6.45) is 0. The number of carbonyl (C=O) groups is 3. The van der Waals surface area contributed by atoms with Crippen molar-refractivity contribution >= 4 is 17.7 Å². The van der Waals surface area contributed by atoms with Crippen LogP contribution < -0.4 is 4.74 Å². The first-order valence-corrected chi connectivity index (χ1v) is 8.36. The fourth-order valence-electron chi connectivity index (χ4n) is 2.70. The summed E-state index contributed by atoms with van der Waals surface area (Å²) in [6.45, 7) is 2.41. The van der Waals surface area contributed by atoms with Crippen molar-refractivity contribution in [3.8, 4) is 5.75 Å². The lowest BCUT2D eigenvalue weighted by Crippen LogP contribution is -2.42. The average Bonchev–Trinajstić information content (AvgIpc) is 2.88. The number of carbonyl (C=O) groups excluding carboxylic acids is 3. The molecule has 6 nitrogen and oxygen atoms in total. The van der Waals surface area contributed by atoms with Crippen molar-refractivity contribution in [2.75, 3.05) is 26.7 Å². The van der Waals surface area contributed by atoms with Crippen LogP contribution in [0.15, 0.2) is 48.5 Å². The third kappa shape index (κ3) is 3.59. The Balaban J connectivity index is 1.52. The molecule has 0 saturated carbocycles. The number of fused-ring (bicyclic) bond motifs is 1. The molecule has 2 aromatic rings. The average molecular weight is 352 g/mol. The van der Waals surface area contributed by atoms with Crippen LogP contribution >= 0.6 is 0 Å². The minimum absolute atomic E-state index is 0.270. The van der Waals surface area contributed by atoms with Gasteiger partial charge < -0.3 is 9.64 Å². The van der Waals surface area contributed by atoms with Gasteiger partial charge in [0.05, 0.1) is 17.7 Å². The molecule has 3 rings (SSSR count). The molecule has 1 heterocycles. The second kappa shape index (κ2) is 7.39. The van der Waals surface area contributed by atoms with Crippen LogP contribution in [0.3, 0.4) is 0 Å². The molecular formula is C20H20N2O4. The maximum Gasteiger partial charge on any atom is 0.262 e. The molecule has 0 aliphatic carbocycles. The van der Waals surface area contributed by atoms with E-state index in [-0.39, 0.29) is 12.5 Å². The first-order chi connectivity index (χ1) is 12.5. The second-order valence-electron chi connectivity index (χ2n) is 6.22. The topological polar surface area (TPSA) is 66.9 Å². The summed E-state index contributed by atoms with van der Waals surface area (Å²) < 4.78 is 5.60. The molecular weight excluding hydrogens is 332 g/mol. The molecule has 0 N–H and O–H groups in total. The van der Waals surface area contributed by atoms with Gasteiger partial charge in [0, 0.05) is 7.05 Å². The molecule has 0 aromatic heterocycles. The monoisotopic (exact) mass is 352 g/mol. The van der Waals surface area contributed by atoms with Crippen LogP contribution in [0.1, 0.15) is 26.3 Å². The number of rotatable bonds is 6. The minimum atomic E-state index is -0.428. The van der Waals surface area contributed by atoms with E-state index in [2.05, 4.69) is 0 Å². The number of benzene rings is 2. The molecule has 0 spiro atoms. The van der Waals surface area contributed by atoms with Gasteiger partial charge in [0.1, 0.15) is 18.9 Å². The third-order valence-corrected chi connectivity index (χ3v) is 4.31. The van der Waals surface area contributed by atoms with E-state index in [1.54, 1.807) is 31.3 Å². The Bertz CT molecular complexity index is 810. The van der Waals surface area contributed by atoms with Gasteiger partial charge in [-0.3, -0.25) is 19.3 Å². The Labute approximate surface area is 152 Å². The summed E-state index contributed by atoms with van der Waals surface area (Å²) in [5.41, 5.74) is 1.83. The Hall–Kier alpha value is -3.15. The van der Waals surface area contributed by atoms with E-state index in [4.69, 9.17) is 4.74 Å². The van der Waals surface area contributed by atoms with Crippen molar-refractivity contribution in [3.05, 3.63) is 65.2 Å². The zero-order valence-electron chi connectivity index (χ0n) is 14.8. The summed E-state index contributed by atoms with van der Waals surface area (Å²) in [5.74, 6) is -0.435. The highest BCUT2D eigenvalue weighted by atomic mass is 16.5. The normalized spacial score (nSPS) is 12.9. The van der Waals surface area contributed by atoms with Gasteiger partial charge in [-0.15, -0.1) is 0 Å². The van der Waals surface area contributed by atoms with Crippen LogP contribution in [0.5, 0.6) is 5.75 Å². The lowest BCUT2D eigenvalue weighted by atomic mass is 10.1. The van der Waals surface area contributed by atoms with Crippen LogP contribution in [-0.4, -0.2) is 54.3 Å². The summed E-state index contributed by atoms with van der Waals surface area (Å²) in [7, 11) is 1.62. The van der Waals surface area contributed by atoms with Crippen molar-refractivity contribution in [3.63, 3.8) is 0 Å². The number of hydrogen-bond donors (Lipinski definition) is 0. The fourth-order valence-corrected chi connectivity index (χ4v) is 2.70. The number of imide groups is 1. The Morgan fingerprint density at radius 2 is 1.58 bits per heavy atom. The van der Waals surface area contributed by atoms with Crippen LogP contribution in [0.2, 0.25) is 0 Å². The zero-order chi connectivity index (χ0) is 18.7. The number of ether oxygens (including phenoxy) is 1. The molecule has 2 aromatic carbocycles. The van der Waals surface area contributed by atoms with Gasteiger partial charge in [-0.05, 0) is 31.2 Å². The number of likely N-dealkylation sites (N-methyl/N-ethyl adjacent to an activating group) is 1. The SMILES string of the molecule is Cc1ccc(OCCN(C)C(=O)CN2C(=O)c3ccccc3C2=O)cc1. The molecule has 0 fully saturated rings. The van der Waals surface area contributed by atoms with Crippen molar-refractivity contribution in [2.24, 2.45) is 0 Å². The van der Waals surface area contributed by atoms with E-state index >= 15 is 0 Å². The zero-order valence-corrected chi connectivity index (χ0v) is 14.8. The highest BCUT2D eigenvalue weighted by Crippen LogP contribution is 2.22. The quantitative estimate of drug-likeness (QED) is 0.747. The first kappa shape index (κ1) is 17.7. The van der Waals surface area contributed by atoms with Crippen LogP contribution in [0, 0.1) is 6.92 Å². The molecule has 1 aliphatic heterocycles. The van der Waals surface area contributed by atoms with Gasteiger partial charge >= 0.3 is 0 Å². The van der Waals surface area contributed by atoms with Crippen LogP contribution in [-0.2, 0) is 4.79 Å². The Morgan fingerprint density at radius 1 is 1.00 bits per heavy atom. The van der Waals surface area contributed by atoms with E-state index in [9.17, 15) is 14.4 Å². The predicted octanol–water partition coefficient (Wildman–Crippen LogP) is 2.13. The predicted molar refractivity (Wildman–Crippen MR) is 96.1 cm³/mol. The van der Waals surface area contributed by atoms with Crippen molar-refractivity contribution in [1.29, 1.82) is 0 Å². The minimum Gasteiger partial charge on any atom is -0.492 e. The lowest BCUT2D eigenvalue weighted by molar-refractivity contribution is -0.130. The largest absolute Gasteiger partial charge is 0.492 e. The standard InChI is InChI=1S/C20H20N2O4/c1-14-7-9-15(10-8-14)26-12-11-21(2)18(23)13-22-19(24)16-5-3-4-6-17(16)20(22)25/h3-10H,11-13H2,1-2H3. The van der Waals surface area contributed by atoms with Gasteiger partial charge in [-0.1, -0.05) is 29.8 Å². The molecule has 26 heavy (non-hydrogen) atoms. The molecule has 0 saturated heterocycles. The van der Waals surface area contributed by atoms with Gasteiger partial charge in [0.25, 0.3) is 11.8 Å². The second-order valence-corrected chi connectivity index (χ2v) is 6.22. The Kier molecular flexibility index (Phi) is 5.02. The first-order valence-electron chi connectivity index (χ1n) is 8.36. The molecule has 3 amide bonds. The summed E-state index contributed by atoms with van der Waals surface area (Å²) >= 11 is 0. The maximum absolute atomic E-state index is 12.4. The molecule has 0 radical (unpaired) electrons. The number of aryl methyl sites for hydroxylation is 1. The molecule has 0 bridgehead atoms. The third-order valence-electron chi connectivity index (χ3n) is 4.31. The Morgan fingerprint density at radius 3 is 2.15 bits per heavy atom. The molecule has 6 heteroatoms. The van der Waals surface area contributed by atoms with Gasteiger partial charge in [-0.25, -0.2) is 0 Å². The van der Waals surface area contributed by atoms with E-state index in [1.165, 1.54) is 4.90 Å². The molecule has 1 aliphatic rings. The van der Waals surface area contributed by atoms with E-state index in [1.807, 2.05) is 31.2 Å². The highest BCUT2D eigenvalue weighted by Gasteiger charge is 2.36. The fraction of sp³-hybridized carbons (Fsp3) is 0.250. The molecule has 0 atom stereocenters. The van der Waals surface area contributed by atoms with Crippen LogP contribution in [0.25, 0.3) is 0 Å².